The topological polar surface area (TPSA) is 56.6 Å². The van der Waals surface area contributed by atoms with E-state index in [0.29, 0.717) is 23.2 Å². The van der Waals surface area contributed by atoms with Gasteiger partial charge in [0.05, 0.1) is 5.56 Å². The zero-order valence-electron chi connectivity index (χ0n) is 11.2. The Bertz CT molecular complexity index is 675. The number of aryl methyl sites for hydroxylation is 2. The average Bonchev–Trinajstić information content (AvgIpc) is 2.42. The second kappa shape index (κ2) is 5.53. The maximum Gasteiger partial charge on any atom is 0.251 e. The van der Waals surface area contributed by atoms with E-state index in [2.05, 4.69) is 30.1 Å². The van der Waals surface area contributed by atoms with Crippen molar-refractivity contribution in [3.05, 3.63) is 68.6 Å². The SMILES string of the molecule is CCc1ccc(Cc2cc(C#N)c(C)[nH]c2=O)cc1. The third kappa shape index (κ3) is 2.92. The van der Waals surface area contributed by atoms with E-state index in [4.69, 9.17) is 5.26 Å². The van der Waals surface area contributed by atoms with Gasteiger partial charge in [-0.05, 0) is 30.5 Å². The van der Waals surface area contributed by atoms with Crippen molar-refractivity contribution in [2.24, 2.45) is 0 Å². The minimum Gasteiger partial charge on any atom is -0.325 e. The number of aromatic amines is 1. The van der Waals surface area contributed by atoms with E-state index in [1.54, 1.807) is 13.0 Å². The Morgan fingerprint density at radius 3 is 2.42 bits per heavy atom. The van der Waals surface area contributed by atoms with Gasteiger partial charge in [0.1, 0.15) is 6.07 Å². The third-order valence-electron chi connectivity index (χ3n) is 3.26. The summed E-state index contributed by atoms with van der Waals surface area (Å²) in [5.74, 6) is 0. The number of rotatable bonds is 3. The van der Waals surface area contributed by atoms with E-state index in [-0.39, 0.29) is 5.56 Å². The number of nitrogens with one attached hydrogen (secondary N) is 1. The molecule has 0 radical (unpaired) electrons. The van der Waals surface area contributed by atoms with Crippen molar-refractivity contribution in [3.8, 4) is 6.07 Å². The molecule has 2 rings (SSSR count). The molecule has 1 aromatic heterocycles. The van der Waals surface area contributed by atoms with Crippen LogP contribution >= 0.6 is 0 Å². The lowest BCUT2D eigenvalue weighted by atomic mass is 10.0. The summed E-state index contributed by atoms with van der Waals surface area (Å²) in [4.78, 5) is 14.6. The van der Waals surface area contributed by atoms with E-state index in [0.717, 1.165) is 12.0 Å². The summed E-state index contributed by atoms with van der Waals surface area (Å²) in [6.45, 7) is 3.85. The number of H-pyrrole nitrogens is 1. The quantitative estimate of drug-likeness (QED) is 0.913. The van der Waals surface area contributed by atoms with Crippen molar-refractivity contribution in [1.29, 1.82) is 5.26 Å². The van der Waals surface area contributed by atoms with Crippen molar-refractivity contribution in [2.45, 2.75) is 26.7 Å². The highest BCUT2D eigenvalue weighted by Crippen LogP contribution is 2.11. The Morgan fingerprint density at radius 1 is 1.21 bits per heavy atom. The predicted molar refractivity (Wildman–Crippen MR) is 75.1 cm³/mol. The van der Waals surface area contributed by atoms with Crippen molar-refractivity contribution < 1.29 is 0 Å². The Labute approximate surface area is 112 Å². The molecule has 0 atom stereocenters. The van der Waals surface area contributed by atoms with Gasteiger partial charge >= 0.3 is 0 Å². The van der Waals surface area contributed by atoms with Gasteiger partial charge in [-0.25, -0.2) is 0 Å². The highest BCUT2D eigenvalue weighted by molar-refractivity contribution is 5.37. The fraction of sp³-hybridized carbons (Fsp3) is 0.250. The molecular formula is C16H16N2O. The molecule has 0 aliphatic carbocycles. The van der Waals surface area contributed by atoms with Gasteiger partial charge in [-0.2, -0.15) is 5.26 Å². The summed E-state index contributed by atoms with van der Waals surface area (Å²) < 4.78 is 0. The first-order valence-corrected chi connectivity index (χ1v) is 6.34. The minimum atomic E-state index is -0.115. The van der Waals surface area contributed by atoms with E-state index in [9.17, 15) is 4.79 Å². The number of aromatic nitrogens is 1. The van der Waals surface area contributed by atoms with Crippen LogP contribution in [0.3, 0.4) is 0 Å². The Balaban J connectivity index is 2.32. The zero-order chi connectivity index (χ0) is 13.8. The molecular weight excluding hydrogens is 236 g/mol. The second-order valence-corrected chi connectivity index (χ2v) is 4.62. The van der Waals surface area contributed by atoms with Crippen molar-refractivity contribution >= 4 is 0 Å². The molecule has 0 amide bonds. The molecule has 0 aliphatic rings. The third-order valence-corrected chi connectivity index (χ3v) is 3.26. The fourth-order valence-electron chi connectivity index (χ4n) is 2.03. The highest BCUT2D eigenvalue weighted by atomic mass is 16.1. The van der Waals surface area contributed by atoms with Crippen molar-refractivity contribution in [2.75, 3.05) is 0 Å². The number of nitrogens with zero attached hydrogens (tertiary/aromatic N) is 1. The van der Waals surface area contributed by atoms with Crippen LogP contribution in [-0.4, -0.2) is 4.98 Å². The number of hydrogen-bond acceptors (Lipinski definition) is 2. The van der Waals surface area contributed by atoms with E-state index in [1.165, 1.54) is 5.56 Å². The molecule has 1 N–H and O–H groups in total. The lowest BCUT2D eigenvalue weighted by Crippen LogP contribution is -2.15. The predicted octanol–water partition coefficient (Wildman–Crippen LogP) is 2.71. The van der Waals surface area contributed by atoms with Gasteiger partial charge < -0.3 is 4.98 Å². The molecule has 2 aromatic rings. The normalized spacial score (nSPS) is 10.2. The van der Waals surface area contributed by atoms with Gasteiger partial charge in [-0.15, -0.1) is 0 Å². The molecule has 0 fully saturated rings. The first-order chi connectivity index (χ1) is 9.13. The number of nitriles is 1. The van der Waals surface area contributed by atoms with Crippen molar-refractivity contribution in [3.63, 3.8) is 0 Å². The summed E-state index contributed by atoms with van der Waals surface area (Å²) in [6, 6.07) is 12.0. The molecule has 19 heavy (non-hydrogen) atoms. The maximum atomic E-state index is 11.9. The first kappa shape index (κ1) is 13.1. The summed E-state index contributed by atoms with van der Waals surface area (Å²) in [5.41, 5.74) is 4.02. The minimum absolute atomic E-state index is 0.115. The van der Waals surface area contributed by atoms with E-state index >= 15 is 0 Å². The first-order valence-electron chi connectivity index (χ1n) is 6.34. The molecule has 0 saturated carbocycles. The van der Waals surface area contributed by atoms with Gasteiger partial charge in [-0.1, -0.05) is 31.2 Å². The highest BCUT2D eigenvalue weighted by Gasteiger charge is 2.06. The molecule has 0 aliphatic heterocycles. The average molecular weight is 252 g/mol. The second-order valence-electron chi connectivity index (χ2n) is 4.62. The standard InChI is InChI=1S/C16H16N2O/c1-3-12-4-6-13(7-5-12)8-14-9-15(10-17)11(2)18-16(14)19/h4-7,9H,3,8H2,1-2H3,(H,18,19). The molecule has 0 spiro atoms. The zero-order valence-corrected chi connectivity index (χ0v) is 11.2. The number of hydrogen-bond donors (Lipinski definition) is 1. The van der Waals surface area contributed by atoms with Crippen LogP contribution in [0.2, 0.25) is 0 Å². The molecule has 0 unspecified atom stereocenters. The summed E-state index contributed by atoms with van der Waals surface area (Å²) in [5, 5.41) is 9.00. The van der Waals surface area contributed by atoms with Crippen LogP contribution in [0.5, 0.6) is 0 Å². The Morgan fingerprint density at radius 2 is 1.84 bits per heavy atom. The van der Waals surface area contributed by atoms with Crippen LogP contribution < -0.4 is 5.56 Å². The molecule has 0 bridgehead atoms. The van der Waals surface area contributed by atoms with E-state index in [1.807, 2.05) is 12.1 Å². The summed E-state index contributed by atoms with van der Waals surface area (Å²) in [7, 11) is 0. The molecule has 1 heterocycles. The largest absolute Gasteiger partial charge is 0.325 e. The molecule has 3 nitrogen and oxygen atoms in total. The molecule has 0 saturated heterocycles. The summed E-state index contributed by atoms with van der Waals surface area (Å²) in [6.07, 6.45) is 1.55. The maximum absolute atomic E-state index is 11.9. The van der Waals surface area contributed by atoms with Crippen molar-refractivity contribution in [1.82, 2.24) is 4.98 Å². The van der Waals surface area contributed by atoms with Crippen LogP contribution in [0.25, 0.3) is 0 Å². The molecule has 1 aromatic carbocycles. The van der Waals surface area contributed by atoms with Crippen LogP contribution in [0, 0.1) is 18.3 Å². The van der Waals surface area contributed by atoms with Crippen LogP contribution in [-0.2, 0) is 12.8 Å². The fourth-order valence-corrected chi connectivity index (χ4v) is 2.03. The van der Waals surface area contributed by atoms with Crippen LogP contribution in [0.1, 0.15) is 34.9 Å². The van der Waals surface area contributed by atoms with Gasteiger partial charge in [0, 0.05) is 17.7 Å². The number of benzene rings is 1. The molecule has 96 valence electrons. The lowest BCUT2D eigenvalue weighted by molar-refractivity contribution is 1.04. The molecule has 3 heteroatoms. The van der Waals surface area contributed by atoms with Gasteiger partial charge in [-0.3, -0.25) is 4.79 Å². The smallest absolute Gasteiger partial charge is 0.251 e. The Hall–Kier alpha value is -2.34. The van der Waals surface area contributed by atoms with Gasteiger partial charge in [0.2, 0.25) is 0 Å². The Kier molecular flexibility index (Phi) is 3.82. The van der Waals surface area contributed by atoms with Gasteiger partial charge in [0.25, 0.3) is 5.56 Å². The van der Waals surface area contributed by atoms with Crippen LogP contribution in [0.4, 0.5) is 0 Å². The number of pyridine rings is 1. The van der Waals surface area contributed by atoms with E-state index < -0.39 is 0 Å². The van der Waals surface area contributed by atoms with Gasteiger partial charge in [0.15, 0.2) is 0 Å². The van der Waals surface area contributed by atoms with Crippen LogP contribution in [0.15, 0.2) is 35.1 Å². The lowest BCUT2D eigenvalue weighted by Gasteiger charge is -2.05. The summed E-state index contributed by atoms with van der Waals surface area (Å²) >= 11 is 0. The monoisotopic (exact) mass is 252 g/mol.